The van der Waals surface area contributed by atoms with E-state index in [0.29, 0.717) is 22.5 Å². The van der Waals surface area contributed by atoms with Crippen LogP contribution in [0.4, 0.5) is 4.79 Å². The van der Waals surface area contributed by atoms with Crippen LogP contribution in [0.5, 0.6) is 5.88 Å². The summed E-state index contributed by atoms with van der Waals surface area (Å²) in [7, 11) is 1.55. The number of rotatable bonds is 7. The maximum atomic E-state index is 13.3. The third-order valence-corrected chi connectivity index (χ3v) is 8.41. The van der Waals surface area contributed by atoms with Gasteiger partial charge in [0.25, 0.3) is 0 Å². The SMILES string of the molecule is COc1ccc2nccc([C@@H](O)[C@H](NC(=O)OCC3c4ccccc4-c4ccccc43)[C@H]3CC[C@H](N)CC3)c2n1. The molecule has 0 radical (unpaired) electrons. The van der Waals surface area contributed by atoms with Crippen LogP contribution in [-0.4, -0.2) is 47.0 Å². The number of fused-ring (bicyclic) bond motifs is 4. The first-order chi connectivity index (χ1) is 19.5. The van der Waals surface area contributed by atoms with E-state index in [9.17, 15) is 9.90 Å². The van der Waals surface area contributed by atoms with E-state index in [4.69, 9.17) is 15.2 Å². The molecule has 0 saturated heterocycles. The highest BCUT2D eigenvalue weighted by Gasteiger charge is 2.35. The van der Waals surface area contributed by atoms with Gasteiger partial charge in [0, 0.05) is 29.8 Å². The number of pyridine rings is 2. The zero-order valence-electron chi connectivity index (χ0n) is 22.5. The minimum Gasteiger partial charge on any atom is -0.481 e. The number of aliphatic hydroxyl groups is 1. The number of carbonyl (C=O) groups is 1. The van der Waals surface area contributed by atoms with Crippen molar-refractivity contribution in [1.29, 1.82) is 0 Å². The molecule has 2 atom stereocenters. The van der Waals surface area contributed by atoms with Gasteiger partial charge in [-0.15, -0.1) is 0 Å². The fraction of sp³-hybridized carbons (Fsp3) is 0.344. The predicted molar refractivity (Wildman–Crippen MR) is 153 cm³/mol. The van der Waals surface area contributed by atoms with E-state index in [0.717, 1.165) is 36.8 Å². The molecule has 206 valence electrons. The van der Waals surface area contributed by atoms with Gasteiger partial charge < -0.3 is 25.6 Å². The highest BCUT2D eigenvalue weighted by Crippen LogP contribution is 2.44. The third-order valence-electron chi connectivity index (χ3n) is 8.41. The molecule has 2 aliphatic rings. The number of carbonyl (C=O) groups excluding carboxylic acids is 1. The normalized spacial score (nSPS) is 19.9. The molecular weight excluding hydrogens is 504 g/mol. The van der Waals surface area contributed by atoms with E-state index in [2.05, 4.69) is 39.6 Å². The van der Waals surface area contributed by atoms with Gasteiger partial charge in [-0.2, -0.15) is 0 Å². The standard InChI is InChI=1S/C32H34N4O4/c1-39-28-15-14-27-30(35-28)25(16-17-34-27)31(37)29(19-10-12-20(33)13-11-19)36-32(38)40-18-26-23-8-4-2-6-21(23)22-7-3-5-9-24(22)26/h2-9,14-17,19-20,26,29,31,37H,10-13,18,33H2,1H3,(H,36,38)/t19-,20-,29-,31-/m1/s1. The van der Waals surface area contributed by atoms with E-state index < -0.39 is 18.2 Å². The van der Waals surface area contributed by atoms with Crippen LogP contribution in [0.3, 0.4) is 0 Å². The molecule has 1 amide bonds. The Hall–Kier alpha value is -4.01. The van der Waals surface area contributed by atoms with E-state index >= 15 is 0 Å². The predicted octanol–water partition coefficient (Wildman–Crippen LogP) is 5.10. The molecule has 40 heavy (non-hydrogen) atoms. The van der Waals surface area contributed by atoms with Gasteiger partial charge in [-0.3, -0.25) is 4.98 Å². The summed E-state index contributed by atoms with van der Waals surface area (Å²) in [6.45, 7) is 0.204. The molecule has 2 aromatic carbocycles. The lowest BCUT2D eigenvalue weighted by Gasteiger charge is -2.35. The molecule has 4 N–H and O–H groups in total. The third kappa shape index (κ3) is 5.00. The minimum absolute atomic E-state index is 0.0316. The van der Waals surface area contributed by atoms with Gasteiger partial charge >= 0.3 is 6.09 Å². The van der Waals surface area contributed by atoms with E-state index in [1.165, 1.54) is 11.1 Å². The van der Waals surface area contributed by atoms with Gasteiger partial charge in [-0.05, 0) is 66.0 Å². The fourth-order valence-electron chi connectivity index (χ4n) is 6.31. The Kier molecular flexibility index (Phi) is 7.36. The maximum absolute atomic E-state index is 13.3. The molecule has 0 unspecified atom stereocenters. The molecule has 0 aliphatic heterocycles. The zero-order valence-corrected chi connectivity index (χ0v) is 22.5. The Labute approximate surface area is 233 Å². The summed E-state index contributed by atoms with van der Waals surface area (Å²) in [4.78, 5) is 22.3. The van der Waals surface area contributed by atoms with Crippen molar-refractivity contribution < 1.29 is 19.4 Å². The first-order valence-corrected chi connectivity index (χ1v) is 13.9. The van der Waals surface area contributed by atoms with E-state index in [1.807, 2.05) is 30.3 Å². The van der Waals surface area contributed by atoms with Crippen molar-refractivity contribution in [2.24, 2.45) is 11.7 Å². The topological polar surface area (TPSA) is 120 Å². The van der Waals surface area contributed by atoms with Gasteiger partial charge in [-0.25, -0.2) is 9.78 Å². The second-order valence-electron chi connectivity index (χ2n) is 10.7. The Morgan fingerprint density at radius 2 is 1.68 bits per heavy atom. The molecule has 2 aliphatic carbocycles. The first-order valence-electron chi connectivity index (χ1n) is 13.9. The number of nitrogens with two attached hydrogens (primary N) is 1. The van der Waals surface area contributed by atoms with Crippen molar-refractivity contribution >= 4 is 17.1 Å². The maximum Gasteiger partial charge on any atom is 0.407 e. The number of ether oxygens (including phenoxy) is 2. The molecule has 8 heteroatoms. The number of benzene rings is 2. The van der Waals surface area contributed by atoms with Crippen LogP contribution in [-0.2, 0) is 4.74 Å². The molecule has 6 rings (SSSR count). The molecule has 0 bridgehead atoms. The average molecular weight is 539 g/mol. The first kappa shape index (κ1) is 26.2. The van der Waals surface area contributed by atoms with Crippen molar-refractivity contribution in [2.75, 3.05) is 13.7 Å². The number of nitrogens with one attached hydrogen (secondary N) is 1. The van der Waals surface area contributed by atoms with Gasteiger partial charge in [0.15, 0.2) is 0 Å². The lowest BCUT2D eigenvalue weighted by molar-refractivity contribution is 0.0707. The van der Waals surface area contributed by atoms with Crippen LogP contribution < -0.4 is 15.8 Å². The van der Waals surface area contributed by atoms with E-state index in [1.54, 1.807) is 25.4 Å². The molecule has 0 spiro atoms. The van der Waals surface area contributed by atoms with Gasteiger partial charge in [0.1, 0.15) is 12.7 Å². The number of aromatic nitrogens is 2. The minimum atomic E-state index is -1.02. The molecule has 2 aromatic heterocycles. The van der Waals surface area contributed by atoms with Crippen LogP contribution in [0.2, 0.25) is 0 Å². The lowest BCUT2D eigenvalue weighted by atomic mass is 9.78. The quantitative estimate of drug-likeness (QED) is 0.300. The van der Waals surface area contributed by atoms with Crippen LogP contribution in [0.1, 0.15) is 54.4 Å². The van der Waals surface area contributed by atoms with Crippen LogP contribution in [0.25, 0.3) is 22.2 Å². The highest BCUT2D eigenvalue weighted by molar-refractivity contribution is 5.80. The number of alkyl carbamates (subject to hydrolysis) is 1. The summed E-state index contributed by atoms with van der Waals surface area (Å²) in [5, 5.41) is 14.8. The number of hydrogen-bond donors (Lipinski definition) is 3. The summed E-state index contributed by atoms with van der Waals surface area (Å²) >= 11 is 0. The summed E-state index contributed by atoms with van der Waals surface area (Å²) in [5.41, 5.74) is 12.6. The number of amides is 1. The molecule has 2 heterocycles. The number of methoxy groups -OCH3 is 1. The van der Waals surface area contributed by atoms with E-state index in [-0.39, 0.29) is 24.5 Å². The second-order valence-corrected chi connectivity index (χ2v) is 10.7. The molecule has 4 aromatic rings. The fourth-order valence-corrected chi connectivity index (χ4v) is 6.31. The summed E-state index contributed by atoms with van der Waals surface area (Å²) < 4.78 is 11.2. The smallest absolute Gasteiger partial charge is 0.407 e. The molecule has 1 fully saturated rings. The Balaban J connectivity index is 1.24. The molecular formula is C32H34N4O4. The van der Waals surface area contributed by atoms with Crippen molar-refractivity contribution in [1.82, 2.24) is 15.3 Å². The molecule has 1 saturated carbocycles. The summed E-state index contributed by atoms with van der Waals surface area (Å²) in [5.74, 6) is 0.415. The summed E-state index contributed by atoms with van der Waals surface area (Å²) in [6.07, 6.45) is 3.34. The van der Waals surface area contributed by atoms with Crippen LogP contribution in [0.15, 0.2) is 72.9 Å². The van der Waals surface area contributed by atoms with Crippen LogP contribution >= 0.6 is 0 Å². The highest BCUT2D eigenvalue weighted by atomic mass is 16.5. The number of aliphatic hydroxyl groups excluding tert-OH is 1. The average Bonchev–Trinajstić information content (AvgIpc) is 3.32. The van der Waals surface area contributed by atoms with Crippen molar-refractivity contribution in [2.45, 2.75) is 49.8 Å². The largest absolute Gasteiger partial charge is 0.481 e. The Morgan fingerprint density at radius 3 is 2.35 bits per heavy atom. The van der Waals surface area contributed by atoms with Gasteiger partial charge in [0.05, 0.1) is 24.2 Å². The lowest BCUT2D eigenvalue weighted by Crippen LogP contribution is -2.47. The van der Waals surface area contributed by atoms with Gasteiger partial charge in [-0.1, -0.05) is 48.5 Å². The number of nitrogens with zero attached hydrogens (tertiary/aromatic N) is 2. The summed E-state index contributed by atoms with van der Waals surface area (Å²) in [6, 6.07) is 21.3. The zero-order chi connectivity index (χ0) is 27.6. The second kappa shape index (κ2) is 11.2. The number of hydrogen-bond acceptors (Lipinski definition) is 7. The Bertz CT molecular complexity index is 1470. The molecule has 8 nitrogen and oxygen atoms in total. The van der Waals surface area contributed by atoms with Crippen molar-refractivity contribution in [3.05, 3.63) is 89.6 Å². The van der Waals surface area contributed by atoms with Crippen molar-refractivity contribution in [3.8, 4) is 17.0 Å². The van der Waals surface area contributed by atoms with Crippen LogP contribution in [0, 0.1) is 5.92 Å². The Morgan fingerprint density at radius 1 is 1.00 bits per heavy atom. The van der Waals surface area contributed by atoms with Crippen molar-refractivity contribution in [3.63, 3.8) is 0 Å². The van der Waals surface area contributed by atoms with Gasteiger partial charge in [0.2, 0.25) is 5.88 Å². The monoisotopic (exact) mass is 538 g/mol.